The Labute approximate surface area is 289 Å². The fourth-order valence-electron chi connectivity index (χ4n) is 4.96. The molecule has 3 aromatic heterocycles. The van der Waals surface area contributed by atoms with Crippen molar-refractivity contribution >= 4 is 32.7 Å². The van der Waals surface area contributed by atoms with E-state index < -0.39 is 32.3 Å². The largest absolute Gasteiger partial charge is 0.500 e. The number of fused-ring (bicyclic) bond motifs is 5. The Bertz CT molecular complexity index is 2410. The van der Waals surface area contributed by atoms with E-state index in [1.165, 1.54) is 30.5 Å². The molecule has 44 heavy (non-hydrogen) atoms. The third-order valence-corrected chi connectivity index (χ3v) is 6.82. The molecule has 0 saturated heterocycles. The Morgan fingerprint density at radius 2 is 1.64 bits per heavy atom. The van der Waals surface area contributed by atoms with E-state index in [1.54, 1.807) is 30.5 Å². The number of aryl methyl sites for hydroxylation is 3. The summed E-state index contributed by atoms with van der Waals surface area (Å²) >= 11 is 0. The van der Waals surface area contributed by atoms with Gasteiger partial charge in [0, 0.05) is 58.3 Å². The second kappa shape index (κ2) is 12.9. The van der Waals surface area contributed by atoms with Gasteiger partial charge in [-0.3, -0.25) is 0 Å². The standard InChI is InChI=1S/C27H24NO.C13H12N.Ir/c1-17-9-11-21(23-15-18(13-14-28-23)16-27(2,3)4)26-24(17)22-12-10-19-7-5-6-8-20(19)25(22)29-26;1-10-3-6-12(7-4-10)13-8-5-11(2)9-14-13;/h5-10,12-15H,16H2,1-4H3;3-6,8-9H,1-2H3;/q2*-1;/i1D3,16D2;1D3,2D3;. The van der Waals surface area contributed by atoms with Crippen LogP contribution in [0, 0.1) is 38.1 Å². The molecule has 0 aliphatic heterocycles. The minimum absolute atomic E-state index is 0. The SMILES string of the molecule is [2H]C([2H])([2H])c1c[c-]c(-c2cc(C([2H])([2H])C(C)(C)C)ccn2)c2oc3c4ccccc4ccc3c12.[2H]C([2H])([2H])c1c[c-]c(-c2ccc(C([2H])([2H])[2H])cn2)cc1.[Ir]. The molecule has 3 nitrogen and oxygen atoms in total. The molecule has 0 bridgehead atoms. The van der Waals surface area contributed by atoms with E-state index in [-0.39, 0.29) is 36.8 Å². The van der Waals surface area contributed by atoms with Crippen molar-refractivity contribution in [3.05, 3.63) is 132 Å². The minimum Gasteiger partial charge on any atom is -0.500 e. The molecule has 0 aliphatic carbocycles. The quantitative estimate of drug-likeness (QED) is 0.168. The van der Waals surface area contributed by atoms with E-state index in [0.717, 1.165) is 16.2 Å². The van der Waals surface area contributed by atoms with Gasteiger partial charge in [-0.2, -0.15) is 0 Å². The Kier molecular flexibility index (Phi) is 5.85. The van der Waals surface area contributed by atoms with Crippen molar-refractivity contribution in [1.82, 2.24) is 9.97 Å². The molecule has 7 aromatic rings. The van der Waals surface area contributed by atoms with E-state index in [4.69, 9.17) is 19.5 Å². The van der Waals surface area contributed by atoms with Crippen LogP contribution in [0.2, 0.25) is 0 Å². The maximum Gasteiger partial charge on any atom is 0.128 e. The first-order valence-corrected chi connectivity index (χ1v) is 13.8. The van der Waals surface area contributed by atoms with Crippen LogP contribution in [0.5, 0.6) is 0 Å². The molecule has 4 heteroatoms. The number of pyridine rings is 2. The average Bonchev–Trinajstić information content (AvgIpc) is 3.50. The van der Waals surface area contributed by atoms with Crippen LogP contribution < -0.4 is 0 Å². The fraction of sp³-hybridized carbons (Fsp3) is 0.200. The van der Waals surface area contributed by atoms with E-state index in [2.05, 4.69) is 22.1 Å². The second-order valence-corrected chi connectivity index (χ2v) is 11.3. The Morgan fingerprint density at radius 1 is 0.795 bits per heavy atom. The van der Waals surface area contributed by atoms with Crippen molar-refractivity contribution in [2.24, 2.45) is 5.41 Å². The van der Waals surface area contributed by atoms with Crippen LogP contribution >= 0.6 is 0 Å². The first-order valence-electron chi connectivity index (χ1n) is 19.3. The third-order valence-electron chi connectivity index (χ3n) is 6.82. The van der Waals surface area contributed by atoms with E-state index in [1.807, 2.05) is 57.2 Å². The maximum atomic E-state index is 8.67. The molecule has 0 spiro atoms. The van der Waals surface area contributed by atoms with Crippen LogP contribution in [0.25, 0.3) is 55.2 Å². The van der Waals surface area contributed by atoms with Crippen LogP contribution in [-0.2, 0) is 26.5 Å². The summed E-state index contributed by atoms with van der Waals surface area (Å²) in [5, 5.41) is 3.12. The van der Waals surface area contributed by atoms with Crippen LogP contribution in [0.1, 0.15) is 58.1 Å². The molecule has 0 saturated carbocycles. The van der Waals surface area contributed by atoms with E-state index in [0.29, 0.717) is 44.6 Å². The third kappa shape index (κ3) is 6.67. The summed E-state index contributed by atoms with van der Waals surface area (Å²) in [5.74, 6) is 0. The summed E-state index contributed by atoms with van der Waals surface area (Å²) in [6.45, 7) is -1.13. The van der Waals surface area contributed by atoms with Gasteiger partial charge in [0.1, 0.15) is 5.58 Å². The van der Waals surface area contributed by atoms with Crippen LogP contribution in [0.15, 0.2) is 102 Å². The van der Waals surface area contributed by atoms with Crippen LogP contribution in [0.3, 0.4) is 0 Å². The minimum atomic E-state index is -2.35. The number of hydrogen-bond acceptors (Lipinski definition) is 3. The second-order valence-electron chi connectivity index (χ2n) is 11.3. The van der Waals surface area contributed by atoms with Gasteiger partial charge in [0.15, 0.2) is 0 Å². The molecule has 4 aromatic carbocycles. The summed E-state index contributed by atoms with van der Waals surface area (Å²) in [7, 11) is 0. The summed E-state index contributed by atoms with van der Waals surface area (Å²) < 4.78 is 91.6. The molecule has 1 radical (unpaired) electrons. The molecule has 0 fully saturated rings. The van der Waals surface area contributed by atoms with Crippen molar-refractivity contribution in [2.75, 3.05) is 0 Å². The van der Waals surface area contributed by atoms with Crippen molar-refractivity contribution in [2.45, 2.75) is 47.7 Å². The number of aromatic nitrogens is 2. The molecule has 7 rings (SSSR count). The molecule has 0 N–H and O–H groups in total. The number of rotatable bonds is 3. The van der Waals surface area contributed by atoms with Crippen molar-refractivity contribution in [3.8, 4) is 22.5 Å². The topological polar surface area (TPSA) is 38.9 Å². The molecule has 223 valence electrons. The zero-order valence-corrected chi connectivity index (χ0v) is 26.8. The average molecular weight is 764 g/mol. The smallest absolute Gasteiger partial charge is 0.128 e. The van der Waals surface area contributed by atoms with Crippen molar-refractivity contribution in [1.29, 1.82) is 0 Å². The Hall–Kier alpha value is -4.11. The monoisotopic (exact) mass is 764 g/mol. The number of benzene rings is 4. The molecular formula is C40H36IrN2O-2. The summed E-state index contributed by atoms with van der Waals surface area (Å²) in [6.07, 6.45) is 1.27. The van der Waals surface area contributed by atoms with Gasteiger partial charge < -0.3 is 14.4 Å². The molecule has 0 unspecified atom stereocenters. The molecule has 0 amide bonds. The molecular weight excluding hydrogens is 717 g/mol. The summed E-state index contributed by atoms with van der Waals surface area (Å²) in [6, 6.07) is 30.1. The van der Waals surface area contributed by atoms with Gasteiger partial charge in [-0.1, -0.05) is 106 Å². The summed E-state index contributed by atoms with van der Waals surface area (Å²) in [5.41, 5.74) is 3.57. The van der Waals surface area contributed by atoms with Crippen LogP contribution in [0.4, 0.5) is 0 Å². The van der Waals surface area contributed by atoms with Gasteiger partial charge >= 0.3 is 0 Å². The van der Waals surface area contributed by atoms with Gasteiger partial charge in [0.25, 0.3) is 0 Å². The van der Waals surface area contributed by atoms with Gasteiger partial charge in [0.05, 0.1) is 5.58 Å². The normalized spacial score (nSPS) is 16.2. The zero-order valence-electron chi connectivity index (χ0n) is 35.4. The van der Waals surface area contributed by atoms with Crippen LogP contribution in [-0.4, -0.2) is 9.97 Å². The van der Waals surface area contributed by atoms with Gasteiger partial charge in [-0.05, 0) is 47.0 Å². The number of nitrogens with zero attached hydrogens (tertiary/aromatic N) is 2. The first-order chi connectivity index (χ1) is 25.1. The number of furan rings is 1. The number of hydrogen-bond donors (Lipinski definition) is 0. The van der Waals surface area contributed by atoms with E-state index in [9.17, 15) is 0 Å². The van der Waals surface area contributed by atoms with Gasteiger partial charge in [-0.25, -0.2) is 0 Å². The molecule has 3 heterocycles. The molecule has 0 atom stereocenters. The fourth-order valence-corrected chi connectivity index (χ4v) is 4.96. The predicted molar refractivity (Wildman–Crippen MR) is 179 cm³/mol. The summed E-state index contributed by atoms with van der Waals surface area (Å²) in [4.78, 5) is 8.56. The maximum absolute atomic E-state index is 8.67. The Morgan fingerprint density at radius 3 is 2.36 bits per heavy atom. The zero-order chi connectivity index (χ0) is 39.4. The Balaban J connectivity index is 0.000000237. The van der Waals surface area contributed by atoms with Crippen molar-refractivity contribution < 1.29 is 39.6 Å². The van der Waals surface area contributed by atoms with Gasteiger partial charge in [-0.15, -0.1) is 53.1 Å². The predicted octanol–water partition coefficient (Wildman–Crippen LogP) is 10.7. The van der Waals surface area contributed by atoms with E-state index >= 15 is 0 Å². The molecule has 0 aliphatic rings. The van der Waals surface area contributed by atoms with Gasteiger partial charge in [0.2, 0.25) is 0 Å². The first kappa shape index (κ1) is 20.0. The van der Waals surface area contributed by atoms with Crippen molar-refractivity contribution in [3.63, 3.8) is 0 Å².